The van der Waals surface area contributed by atoms with Crippen molar-refractivity contribution < 1.29 is 0 Å². The zero-order valence-electron chi connectivity index (χ0n) is 14.6. The topological polar surface area (TPSA) is 45.5 Å². The van der Waals surface area contributed by atoms with Crippen LogP contribution in [0.25, 0.3) is 16.9 Å². The number of thiol groups is 1. The molecule has 5 nitrogen and oxygen atoms in total. The van der Waals surface area contributed by atoms with Crippen molar-refractivity contribution in [2.24, 2.45) is 0 Å². The van der Waals surface area contributed by atoms with Crippen molar-refractivity contribution in [3.63, 3.8) is 0 Å². The van der Waals surface area contributed by atoms with Gasteiger partial charge in [-0.15, -0.1) is 12.6 Å². The van der Waals surface area contributed by atoms with Crippen molar-refractivity contribution in [2.75, 3.05) is 24.3 Å². The Balaban J connectivity index is 1.73. The Morgan fingerprint density at radius 1 is 1.04 bits per heavy atom. The first-order valence-corrected chi connectivity index (χ1v) is 8.72. The summed E-state index contributed by atoms with van der Waals surface area (Å²) < 4.78 is 2.04. The average molecular weight is 361 g/mol. The summed E-state index contributed by atoms with van der Waals surface area (Å²) >= 11 is 4.35. The monoisotopic (exact) mass is 361 g/mol. The Morgan fingerprint density at radius 3 is 2.62 bits per heavy atom. The lowest BCUT2D eigenvalue weighted by Crippen LogP contribution is -2.08. The van der Waals surface area contributed by atoms with E-state index >= 15 is 0 Å². The second kappa shape index (κ2) is 6.72. The number of nitrogens with zero attached hydrogens (tertiary/aromatic N) is 4. The minimum absolute atomic E-state index is 0.723. The third kappa shape index (κ3) is 3.11. The molecule has 0 aliphatic carbocycles. The molecule has 0 bridgehead atoms. The van der Waals surface area contributed by atoms with Crippen LogP contribution >= 0.6 is 12.6 Å². The van der Waals surface area contributed by atoms with Crippen LogP contribution in [0.5, 0.6) is 0 Å². The van der Waals surface area contributed by atoms with Crippen LogP contribution in [-0.2, 0) is 0 Å². The van der Waals surface area contributed by atoms with E-state index in [2.05, 4.69) is 44.9 Å². The Bertz CT molecular complexity index is 1050. The fourth-order valence-corrected chi connectivity index (χ4v) is 3.00. The van der Waals surface area contributed by atoms with E-state index in [1.165, 1.54) is 0 Å². The molecule has 0 unspecified atom stereocenters. The number of nitrogens with one attached hydrogen (secondary N) is 1. The lowest BCUT2D eigenvalue weighted by Gasteiger charge is -2.14. The van der Waals surface area contributed by atoms with Gasteiger partial charge in [0.25, 0.3) is 0 Å². The highest BCUT2D eigenvalue weighted by Crippen LogP contribution is 2.27. The van der Waals surface area contributed by atoms with Gasteiger partial charge in [-0.05, 0) is 30.3 Å². The number of hydrogen-bond acceptors (Lipinski definition) is 5. The zero-order chi connectivity index (χ0) is 18.1. The van der Waals surface area contributed by atoms with Crippen LogP contribution in [-0.4, -0.2) is 28.5 Å². The van der Waals surface area contributed by atoms with Crippen LogP contribution in [0.1, 0.15) is 0 Å². The van der Waals surface area contributed by atoms with Crippen molar-refractivity contribution in [3.05, 3.63) is 67.1 Å². The Kier molecular flexibility index (Phi) is 4.26. The molecular weight excluding hydrogens is 342 g/mol. The molecule has 6 heteroatoms. The van der Waals surface area contributed by atoms with Crippen molar-refractivity contribution in [1.82, 2.24) is 14.4 Å². The molecule has 2 aromatic heterocycles. The minimum atomic E-state index is 0.723. The predicted octanol–water partition coefficient (Wildman–Crippen LogP) is 4.49. The molecule has 0 aliphatic heterocycles. The maximum Gasteiger partial charge on any atom is 0.180 e. The van der Waals surface area contributed by atoms with E-state index < -0.39 is 0 Å². The van der Waals surface area contributed by atoms with Gasteiger partial charge in [-0.1, -0.05) is 18.2 Å². The van der Waals surface area contributed by atoms with Gasteiger partial charge < -0.3 is 10.2 Å². The SMILES string of the molecule is CN(C)c1cccc(Nc2nccn3c(-c4ccc(S)cc4)cnc23)c1. The quantitative estimate of drug-likeness (QED) is 0.526. The summed E-state index contributed by atoms with van der Waals surface area (Å²) in [6, 6.07) is 16.2. The summed E-state index contributed by atoms with van der Waals surface area (Å²) in [6.07, 6.45) is 5.57. The Morgan fingerprint density at radius 2 is 1.85 bits per heavy atom. The number of imidazole rings is 1. The standard InChI is InChI=1S/C20H19N5S/c1-24(2)16-5-3-4-15(12-16)23-19-20-22-13-18(25(20)11-10-21-19)14-6-8-17(26)9-7-14/h3-13,26H,1-2H3,(H,21,23). The van der Waals surface area contributed by atoms with Crippen molar-refractivity contribution >= 4 is 35.5 Å². The van der Waals surface area contributed by atoms with Crippen molar-refractivity contribution in [1.29, 1.82) is 0 Å². The number of aromatic nitrogens is 3. The highest BCUT2D eigenvalue weighted by atomic mass is 32.1. The number of hydrogen-bond donors (Lipinski definition) is 2. The molecule has 0 saturated carbocycles. The van der Waals surface area contributed by atoms with Crippen molar-refractivity contribution in [2.45, 2.75) is 4.90 Å². The Hall–Kier alpha value is -2.99. The molecule has 1 N–H and O–H groups in total. The van der Waals surface area contributed by atoms with E-state index in [4.69, 9.17) is 0 Å². The van der Waals surface area contributed by atoms with E-state index in [0.717, 1.165) is 39.0 Å². The summed E-state index contributed by atoms with van der Waals surface area (Å²) in [5.74, 6) is 0.723. The molecule has 4 rings (SSSR count). The molecule has 0 amide bonds. The summed E-state index contributed by atoms with van der Waals surface area (Å²) in [6.45, 7) is 0. The third-order valence-corrected chi connectivity index (χ3v) is 4.51. The first-order chi connectivity index (χ1) is 12.6. The van der Waals surface area contributed by atoms with Crippen LogP contribution in [0.15, 0.2) is 72.0 Å². The highest BCUT2D eigenvalue weighted by Gasteiger charge is 2.11. The average Bonchev–Trinajstić information content (AvgIpc) is 3.08. The number of rotatable bonds is 4. The van der Waals surface area contributed by atoms with E-state index in [1.54, 1.807) is 6.20 Å². The number of fused-ring (bicyclic) bond motifs is 1. The Labute approximate surface area is 157 Å². The molecule has 0 atom stereocenters. The molecule has 130 valence electrons. The van der Waals surface area contributed by atoms with Gasteiger partial charge in [-0.3, -0.25) is 4.40 Å². The lowest BCUT2D eigenvalue weighted by molar-refractivity contribution is 1.12. The second-order valence-corrected chi connectivity index (χ2v) is 6.75. The minimum Gasteiger partial charge on any atom is -0.378 e. The largest absolute Gasteiger partial charge is 0.378 e. The molecule has 2 heterocycles. The van der Waals surface area contributed by atoms with Gasteiger partial charge in [-0.2, -0.15) is 0 Å². The molecule has 4 aromatic rings. The van der Waals surface area contributed by atoms with E-state index in [-0.39, 0.29) is 0 Å². The van der Waals surface area contributed by atoms with Gasteiger partial charge in [0.2, 0.25) is 0 Å². The van der Waals surface area contributed by atoms with Crippen LogP contribution in [0.2, 0.25) is 0 Å². The molecule has 0 spiro atoms. The molecule has 0 saturated heterocycles. The summed E-state index contributed by atoms with van der Waals surface area (Å²) in [5, 5.41) is 3.38. The van der Waals surface area contributed by atoms with Gasteiger partial charge in [0.15, 0.2) is 11.5 Å². The summed E-state index contributed by atoms with van der Waals surface area (Å²) in [7, 11) is 4.05. The van der Waals surface area contributed by atoms with E-state index in [1.807, 2.05) is 67.3 Å². The van der Waals surface area contributed by atoms with Crippen molar-refractivity contribution in [3.8, 4) is 11.3 Å². The van der Waals surface area contributed by atoms with Crippen LogP contribution in [0, 0.1) is 0 Å². The second-order valence-electron chi connectivity index (χ2n) is 6.23. The van der Waals surface area contributed by atoms with E-state index in [0.29, 0.717) is 0 Å². The summed E-state index contributed by atoms with van der Waals surface area (Å²) in [4.78, 5) is 12.1. The predicted molar refractivity (Wildman–Crippen MR) is 110 cm³/mol. The number of benzene rings is 2. The fourth-order valence-electron chi connectivity index (χ4n) is 2.85. The molecule has 0 aliphatic rings. The van der Waals surface area contributed by atoms with Gasteiger partial charge >= 0.3 is 0 Å². The highest BCUT2D eigenvalue weighted by molar-refractivity contribution is 7.80. The summed E-state index contributed by atoms with van der Waals surface area (Å²) in [5.41, 5.74) is 4.98. The maximum absolute atomic E-state index is 4.58. The smallest absolute Gasteiger partial charge is 0.180 e. The van der Waals surface area contributed by atoms with Crippen LogP contribution in [0.4, 0.5) is 17.2 Å². The molecular formula is C20H19N5S. The lowest BCUT2D eigenvalue weighted by atomic mass is 10.2. The fraction of sp³-hybridized carbons (Fsp3) is 0.100. The molecule has 2 aromatic carbocycles. The first-order valence-electron chi connectivity index (χ1n) is 8.28. The van der Waals surface area contributed by atoms with Gasteiger partial charge in [0, 0.05) is 48.3 Å². The van der Waals surface area contributed by atoms with Crippen LogP contribution in [0.3, 0.4) is 0 Å². The molecule has 26 heavy (non-hydrogen) atoms. The molecule has 0 fully saturated rings. The van der Waals surface area contributed by atoms with E-state index in [9.17, 15) is 0 Å². The maximum atomic E-state index is 4.58. The molecule has 0 radical (unpaired) electrons. The van der Waals surface area contributed by atoms with Gasteiger partial charge in [0.1, 0.15) is 0 Å². The van der Waals surface area contributed by atoms with Gasteiger partial charge in [-0.25, -0.2) is 9.97 Å². The normalized spacial score (nSPS) is 10.9. The zero-order valence-corrected chi connectivity index (χ0v) is 15.5. The van der Waals surface area contributed by atoms with Gasteiger partial charge in [0.05, 0.1) is 11.9 Å². The number of anilines is 3. The third-order valence-electron chi connectivity index (χ3n) is 4.22. The van der Waals surface area contributed by atoms with Crippen LogP contribution < -0.4 is 10.2 Å². The first kappa shape index (κ1) is 16.5.